The van der Waals surface area contributed by atoms with Gasteiger partial charge in [-0.1, -0.05) is 41.5 Å². The van der Waals surface area contributed by atoms with Gasteiger partial charge < -0.3 is 0 Å². The van der Waals surface area contributed by atoms with Crippen LogP contribution in [0.4, 0.5) is 0 Å². The van der Waals surface area contributed by atoms with E-state index >= 15 is 0 Å². The highest BCUT2D eigenvalue weighted by Gasteiger charge is 2.20. The molecule has 2 aromatic rings. The van der Waals surface area contributed by atoms with E-state index in [-0.39, 0.29) is 22.4 Å². The minimum Gasteiger partial charge on any atom is -0.293 e. The standard InChI is InChI=1S/C10H12Br2OS.C10H13BrOS/c1-10(2,3)5-7(13)8-4-6(11)9(12)14-8;1-10(2,3)5-8(12)9-4-7(11)6-13-9/h4H,5H2,1-3H3;4,6H,5H2,1-3H3. The van der Waals surface area contributed by atoms with Crippen molar-refractivity contribution in [2.45, 2.75) is 54.4 Å². The summed E-state index contributed by atoms with van der Waals surface area (Å²) in [6.07, 6.45) is 1.20. The van der Waals surface area contributed by atoms with Crippen LogP contribution in [-0.4, -0.2) is 11.6 Å². The van der Waals surface area contributed by atoms with Crippen molar-refractivity contribution in [1.82, 2.24) is 0 Å². The van der Waals surface area contributed by atoms with Gasteiger partial charge in [-0.3, -0.25) is 9.59 Å². The van der Waals surface area contributed by atoms with Gasteiger partial charge >= 0.3 is 0 Å². The van der Waals surface area contributed by atoms with Gasteiger partial charge in [0, 0.05) is 27.2 Å². The maximum Gasteiger partial charge on any atom is 0.173 e. The minimum absolute atomic E-state index is 0.0556. The van der Waals surface area contributed by atoms with Crippen molar-refractivity contribution < 1.29 is 9.59 Å². The predicted molar refractivity (Wildman–Crippen MR) is 129 cm³/mol. The van der Waals surface area contributed by atoms with E-state index in [0.717, 1.165) is 22.5 Å². The molecule has 0 spiro atoms. The maximum atomic E-state index is 11.8. The number of Topliss-reactive ketones (excluding diaryl/α,β-unsaturated/α-hetero) is 2. The van der Waals surface area contributed by atoms with Crippen LogP contribution in [0.5, 0.6) is 0 Å². The molecule has 0 amide bonds. The molecule has 0 unspecified atom stereocenters. The van der Waals surface area contributed by atoms with Gasteiger partial charge in [0.25, 0.3) is 0 Å². The molecule has 0 saturated heterocycles. The Balaban J connectivity index is 0.000000271. The number of hydrogen-bond acceptors (Lipinski definition) is 4. The second kappa shape index (κ2) is 10.3. The lowest BCUT2D eigenvalue weighted by molar-refractivity contribution is 0.0934. The highest BCUT2D eigenvalue weighted by Crippen LogP contribution is 2.34. The van der Waals surface area contributed by atoms with Crippen LogP contribution in [0.3, 0.4) is 0 Å². The van der Waals surface area contributed by atoms with Crippen molar-refractivity contribution in [2.75, 3.05) is 0 Å². The molecule has 27 heavy (non-hydrogen) atoms. The number of halogens is 3. The van der Waals surface area contributed by atoms with Crippen LogP contribution in [0.2, 0.25) is 0 Å². The molecule has 0 aromatic carbocycles. The highest BCUT2D eigenvalue weighted by atomic mass is 79.9. The van der Waals surface area contributed by atoms with Crippen molar-refractivity contribution >= 4 is 82.0 Å². The van der Waals surface area contributed by atoms with Crippen LogP contribution >= 0.6 is 70.5 Å². The molecule has 150 valence electrons. The number of hydrogen-bond donors (Lipinski definition) is 0. The monoisotopic (exact) mass is 598 g/mol. The van der Waals surface area contributed by atoms with E-state index in [1.54, 1.807) is 0 Å². The van der Waals surface area contributed by atoms with Gasteiger partial charge in [0.05, 0.1) is 13.5 Å². The predicted octanol–water partition coefficient (Wildman–Crippen LogP) is 9.02. The zero-order valence-corrected chi connectivity index (χ0v) is 22.8. The van der Waals surface area contributed by atoms with Crippen LogP contribution in [0.15, 0.2) is 30.2 Å². The number of rotatable bonds is 4. The SMILES string of the molecule is CC(C)(C)CC(=O)c1cc(Br)c(Br)s1.CC(C)(C)CC(=O)c1cc(Br)cs1. The van der Waals surface area contributed by atoms with E-state index in [1.165, 1.54) is 22.7 Å². The first-order valence-electron chi connectivity index (χ1n) is 8.43. The van der Waals surface area contributed by atoms with Crippen molar-refractivity contribution in [3.63, 3.8) is 0 Å². The van der Waals surface area contributed by atoms with Gasteiger partial charge in [0.15, 0.2) is 11.6 Å². The molecule has 2 heterocycles. The minimum atomic E-state index is 0.0556. The molecule has 0 aliphatic rings. The average molecular weight is 601 g/mol. The third kappa shape index (κ3) is 9.97. The normalized spacial score (nSPS) is 11.7. The molecule has 7 heteroatoms. The Morgan fingerprint density at radius 3 is 1.67 bits per heavy atom. The fourth-order valence-corrected chi connectivity index (χ4v) is 5.42. The quantitative estimate of drug-likeness (QED) is 0.328. The first-order valence-corrected chi connectivity index (χ1v) is 12.5. The molecule has 2 rings (SSSR count). The maximum absolute atomic E-state index is 11.8. The van der Waals surface area contributed by atoms with Gasteiger partial charge in [-0.25, -0.2) is 0 Å². The summed E-state index contributed by atoms with van der Waals surface area (Å²) in [4.78, 5) is 25.1. The summed E-state index contributed by atoms with van der Waals surface area (Å²) in [7, 11) is 0. The van der Waals surface area contributed by atoms with Crippen LogP contribution in [0.1, 0.15) is 73.7 Å². The van der Waals surface area contributed by atoms with Gasteiger partial charge in [0.2, 0.25) is 0 Å². The molecule has 0 aliphatic carbocycles. The molecule has 0 atom stereocenters. The average Bonchev–Trinajstić information content (AvgIpc) is 3.03. The third-order valence-electron chi connectivity index (χ3n) is 3.14. The summed E-state index contributed by atoms with van der Waals surface area (Å²) in [5.41, 5.74) is 0.133. The van der Waals surface area contributed by atoms with E-state index in [1.807, 2.05) is 17.5 Å². The molecule has 2 nitrogen and oxygen atoms in total. The zero-order valence-electron chi connectivity index (χ0n) is 16.4. The number of thiophene rings is 2. The molecule has 0 fully saturated rings. The van der Waals surface area contributed by atoms with E-state index in [2.05, 4.69) is 89.3 Å². The molecular weight excluding hydrogens is 576 g/mol. The lowest BCUT2D eigenvalue weighted by Gasteiger charge is -2.15. The Labute approximate surface area is 195 Å². The number of carbonyl (C=O) groups is 2. The van der Waals surface area contributed by atoms with Crippen LogP contribution in [-0.2, 0) is 0 Å². The van der Waals surface area contributed by atoms with Gasteiger partial charge in [-0.05, 0) is 70.8 Å². The first-order chi connectivity index (χ1) is 12.2. The van der Waals surface area contributed by atoms with Crippen molar-refractivity contribution in [3.05, 3.63) is 40.0 Å². The number of ketones is 2. The van der Waals surface area contributed by atoms with Crippen molar-refractivity contribution in [2.24, 2.45) is 10.8 Å². The largest absolute Gasteiger partial charge is 0.293 e. The lowest BCUT2D eigenvalue weighted by Crippen LogP contribution is -2.11. The summed E-state index contributed by atoms with van der Waals surface area (Å²) < 4.78 is 2.93. The second-order valence-corrected chi connectivity index (χ2v) is 13.7. The van der Waals surface area contributed by atoms with Crippen LogP contribution in [0.25, 0.3) is 0 Å². The Morgan fingerprint density at radius 2 is 1.33 bits per heavy atom. The number of carbonyl (C=O) groups excluding carboxylic acids is 2. The lowest BCUT2D eigenvalue weighted by atomic mass is 9.89. The van der Waals surface area contributed by atoms with Crippen LogP contribution in [0, 0.1) is 10.8 Å². The fourth-order valence-electron chi connectivity index (χ4n) is 2.08. The van der Waals surface area contributed by atoms with E-state index in [0.29, 0.717) is 12.8 Å². The molecule has 0 bridgehead atoms. The summed E-state index contributed by atoms with van der Waals surface area (Å²) in [6.45, 7) is 12.4. The van der Waals surface area contributed by atoms with E-state index < -0.39 is 0 Å². The molecule has 2 aromatic heterocycles. The second-order valence-electron chi connectivity index (χ2n) is 8.68. The Bertz CT molecular complexity index is 773. The van der Waals surface area contributed by atoms with Crippen molar-refractivity contribution in [1.29, 1.82) is 0 Å². The smallest absolute Gasteiger partial charge is 0.173 e. The van der Waals surface area contributed by atoms with Crippen molar-refractivity contribution in [3.8, 4) is 0 Å². The topological polar surface area (TPSA) is 34.1 Å². The fraction of sp³-hybridized carbons (Fsp3) is 0.500. The summed E-state index contributed by atoms with van der Waals surface area (Å²) in [5.74, 6) is 0.456. The molecule has 0 radical (unpaired) electrons. The highest BCUT2D eigenvalue weighted by molar-refractivity contribution is 9.13. The Morgan fingerprint density at radius 1 is 0.852 bits per heavy atom. The summed E-state index contributed by atoms with van der Waals surface area (Å²) >= 11 is 13.1. The summed E-state index contributed by atoms with van der Waals surface area (Å²) in [5, 5.41) is 1.94. The van der Waals surface area contributed by atoms with Crippen LogP contribution < -0.4 is 0 Å². The molecular formula is C20H25Br3O2S2. The van der Waals surface area contributed by atoms with E-state index in [9.17, 15) is 9.59 Å². The zero-order chi connectivity index (χ0) is 21.0. The summed E-state index contributed by atoms with van der Waals surface area (Å²) in [6, 6.07) is 3.77. The van der Waals surface area contributed by atoms with E-state index in [4.69, 9.17) is 0 Å². The van der Waals surface area contributed by atoms with Gasteiger partial charge in [-0.15, -0.1) is 22.7 Å². The van der Waals surface area contributed by atoms with Gasteiger partial charge in [-0.2, -0.15) is 0 Å². The Hall–Kier alpha value is 0.180. The first kappa shape index (κ1) is 25.2. The third-order valence-corrected chi connectivity index (χ3v) is 8.17. The van der Waals surface area contributed by atoms with Gasteiger partial charge in [0.1, 0.15) is 0 Å². The Kier molecular flexibility index (Phi) is 9.60. The molecule has 0 saturated carbocycles. The molecule has 0 N–H and O–H groups in total. The molecule has 0 aliphatic heterocycles.